The number of aryl methyl sites for hydroxylation is 1. The van der Waals surface area contributed by atoms with Crippen LogP contribution in [0.2, 0.25) is 0 Å². The van der Waals surface area contributed by atoms with Crippen molar-refractivity contribution in [3.05, 3.63) is 63.0 Å². The Hall–Kier alpha value is -2.60. The third kappa shape index (κ3) is 7.45. The summed E-state index contributed by atoms with van der Waals surface area (Å²) in [5.41, 5.74) is 2.90. The highest BCUT2D eigenvalue weighted by atomic mass is 127. The molecule has 0 unspecified atom stereocenters. The monoisotopic (exact) mass is 593 g/mol. The molecule has 3 aromatic rings. The van der Waals surface area contributed by atoms with Crippen molar-refractivity contribution in [3.63, 3.8) is 0 Å². The SMILES string of the molecule is Cc1ccc(C(C)C)c(OCC(=O)NCc2nnc(SCC(=O)Nc3ccc(I)cc3)n2C)c1. The predicted molar refractivity (Wildman–Crippen MR) is 142 cm³/mol. The van der Waals surface area contributed by atoms with E-state index in [0.717, 1.165) is 26.1 Å². The van der Waals surface area contributed by atoms with Crippen LogP contribution in [-0.2, 0) is 23.2 Å². The fourth-order valence-corrected chi connectivity index (χ4v) is 4.19. The molecule has 0 radical (unpaired) electrons. The number of anilines is 1. The van der Waals surface area contributed by atoms with Crippen LogP contribution in [0.25, 0.3) is 0 Å². The highest BCUT2D eigenvalue weighted by molar-refractivity contribution is 14.1. The van der Waals surface area contributed by atoms with Gasteiger partial charge in [0.2, 0.25) is 5.91 Å². The molecule has 2 N–H and O–H groups in total. The number of hydrogen-bond acceptors (Lipinski definition) is 6. The van der Waals surface area contributed by atoms with E-state index in [2.05, 4.69) is 57.3 Å². The van der Waals surface area contributed by atoms with Gasteiger partial charge in [-0.15, -0.1) is 10.2 Å². The third-order valence-corrected chi connectivity index (χ3v) is 6.72. The highest BCUT2D eigenvalue weighted by Gasteiger charge is 2.14. The minimum Gasteiger partial charge on any atom is -0.483 e. The normalized spacial score (nSPS) is 10.9. The van der Waals surface area contributed by atoms with E-state index >= 15 is 0 Å². The maximum absolute atomic E-state index is 12.3. The Morgan fingerprint density at radius 2 is 1.85 bits per heavy atom. The zero-order valence-corrected chi connectivity index (χ0v) is 22.6. The molecule has 2 amide bonds. The maximum atomic E-state index is 12.3. The van der Waals surface area contributed by atoms with Gasteiger partial charge in [-0.1, -0.05) is 37.7 Å². The lowest BCUT2D eigenvalue weighted by Crippen LogP contribution is -2.29. The summed E-state index contributed by atoms with van der Waals surface area (Å²) >= 11 is 3.50. The van der Waals surface area contributed by atoms with Gasteiger partial charge in [-0.25, -0.2) is 0 Å². The van der Waals surface area contributed by atoms with E-state index in [-0.39, 0.29) is 30.7 Å². The van der Waals surface area contributed by atoms with Gasteiger partial charge in [-0.3, -0.25) is 9.59 Å². The van der Waals surface area contributed by atoms with Gasteiger partial charge >= 0.3 is 0 Å². The number of nitrogens with zero attached hydrogens (tertiary/aromatic N) is 3. The lowest BCUT2D eigenvalue weighted by molar-refractivity contribution is -0.123. The Bertz CT molecular complexity index is 1150. The topological polar surface area (TPSA) is 98.1 Å². The average molecular weight is 593 g/mol. The number of halogens is 1. The van der Waals surface area contributed by atoms with Gasteiger partial charge in [0.1, 0.15) is 5.75 Å². The molecule has 10 heteroatoms. The molecule has 0 fully saturated rings. The first-order chi connectivity index (χ1) is 16.2. The molecule has 2 aromatic carbocycles. The van der Waals surface area contributed by atoms with Crippen molar-refractivity contribution in [1.82, 2.24) is 20.1 Å². The van der Waals surface area contributed by atoms with E-state index in [0.29, 0.717) is 16.9 Å². The number of carbonyl (C=O) groups excluding carboxylic acids is 2. The smallest absolute Gasteiger partial charge is 0.258 e. The Kier molecular flexibility index (Phi) is 9.34. The van der Waals surface area contributed by atoms with Gasteiger partial charge in [0.25, 0.3) is 5.91 Å². The number of rotatable bonds is 10. The summed E-state index contributed by atoms with van der Waals surface area (Å²) in [6, 6.07) is 13.6. The summed E-state index contributed by atoms with van der Waals surface area (Å²) < 4.78 is 8.65. The molecule has 1 aromatic heterocycles. The standard InChI is InChI=1S/C24H28IN5O3S/c1-15(2)19-10-5-16(3)11-20(19)33-13-22(31)26-12-21-28-29-24(30(21)4)34-14-23(32)27-18-8-6-17(25)7-9-18/h5-11,15H,12-14H2,1-4H3,(H,26,31)(H,27,32). The number of thioether (sulfide) groups is 1. The van der Waals surface area contributed by atoms with Gasteiger partial charge < -0.3 is 19.9 Å². The number of carbonyl (C=O) groups is 2. The molecule has 180 valence electrons. The Balaban J connectivity index is 1.47. The molecule has 34 heavy (non-hydrogen) atoms. The Morgan fingerprint density at radius 3 is 2.56 bits per heavy atom. The van der Waals surface area contributed by atoms with Crippen LogP contribution in [0, 0.1) is 10.5 Å². The molecule has 0 saturated carbocycles. The minimum absolute atomic E-state index is 0.0820. The zero-order chi connectivity index (χ0) is 24.7. The quantitative estimate of drug-likeness (QED) is 0.269. The molecule has 0 atom stereocenters. The van der Waals surface area contributed by atoms with Crippen LogP contribution in [0.1, 0.15) is 36.7 Å². The molecular formula is C24H28IN5O3S. The van der Waals surface area contributed by atoms with Crippen LogP contribution in [0.5, 0.6) is 5.75 Å². The first kappa shape index (κ1) is 26.0. The van der Waals surface area contributed by atoms with Crippen molar-refractivity contribution < 1.29 is 14.3 Å². The highest BCUT2D eigenvalue weighted by Crippen LogP contribution is 2.27. The largest absolute Gasteiger partial charge is 0.483 e. The molecule has 0 aliphatic heterocycles. The number of amides is 2. The second kappa shape index (κ2) is 12.2. The van der Waals surface area contributed by atoms with Crippen LogP contribution < -0.4 is 15.4 Å². The van der Waals surface area contributed by atoms with Gasteiger partial charge in [0.05, 0.1) is 12.3 Å². The first-order valence-electron chi connectivity index (χ1n) is 10.8. The molecule has 0 aliphatic rings. The van der Waals surface area contributed by atoms with Crippen molar-refractivity contribution in [3.8, 4) is 5.75 Å². The maximum Gasteiger partial charge on any atom is 0.258 e. The molecule has 0 bridgehead atoms. The number of aromatic nitrogens is 3. The first-order valence-corrected chi connectivity index (χ1v) is 12.9. The van der Waals surface area contributed by atoms with Gasteiger partial charge in [-0.2, -0.15) is 0 Å². The molecule has 8 nitrogen and oxygen atoms in total. The summed E-state index contributed by atoms with van der Waals surface area (Å²) in [4.78, 5) is 24.5. The lowest BCUT2D eigenvalue weighted by Gasteiger charge is -2.14. The second-order valence-electron chi connectivity index (χ2n) is 8.06. The van der Waals surface area contributed by atoms with Crippen LogP contribution in [0.3, 0.4) is 0 Å². The molecule has 0 aliphatic carbocycles. The van der Waals surface area contributed by atoms with Crippen molar-refractivity contribution in [2.24, 2.45) is 7.05 Å². The molecule has 0 saturated heterocycles. The predicted octanol–water partition coefficient (Wildman–Crippen LogP) is 4.28. The number of ether oxygens (including phenoxy) is 1. The average Bonchev–Trinajstić information content (AvgIpc) is 3.15. The molecule has 3 rings (SSSR count). The van der Waals surface area contributed by atoms with E-state index in [1.54, 1.807) is 11.6 Å². The molecule has 0 spiro atoms. The van der Waals surface area contributed by atoms with E-state index in [1.807, 2.05) is 49.4 Å². The van der Waals surface area contributed by atoms with Crippen LogP contribution in [0.4, 0.5) is 5.69 Å². The number of nitrogens with one attached hydrogen (secondary N) is 2. The zero-order valence-electron chi connectivity index (χ0n) is 19.6. The molecule has 1 heterocycles. The van der Waals surface area contributed by atoms with Gasteiger partial charge in [0, 0.05) is 16.3 Å². The van der Waals surface area contributed by atoms with Crippen LogP contribution in [0.15, 0.2) is 47.6 Å². The van der Waals surface area contributed by atoms with Crippen molar-refractivity contribution in [1.29, 1.82) is 0 Å². The van der Waals surface area contributed by atoms with Crippen molar-refractivity contribution in [2.75, 3.05) is 17.7 Å². The fraction of sp³-hybridized carbons (Fsp3) is 0.333. The number of hydrogen-bond donors (Lipinski definition) is 2. The Labute approximate surface area is 217 Å². The summed E-state index contributed by atoms with van der Waals surface area (Å²) in [7, 11) is 1.80. The van der Waals surface area contributed by atoms with E-state index in [1.165, 1.54) is 11.8 Å². The van der Waals surface area contributed by atoms with Crippen molar-refractivity contribution in [2.45, 2.75) is 38.4 Å². The summed E-state index contributed by atoms with van der Waals surface area (Å²) in [5.74, 6) is 1.45. The van der Waals surface area contributed by atoms with E-state index < -0.39 is 0 Å². The Morgan fingerprint density at radius 1 is 1.12 bits per heavy atom. The summed E-state index contributed by atoms with van der Waals surface area (Å²) in [6.07, 6.45) is 0. The van der Waals surface area contributed by atoms with E-state index in [9.17, 15) is 9.59 Å². The van der Waals surface area contributed by atoms with Crippen molar-refractivity contribution >= 4 is 51.9 Å². The minimum atomic E-state index is -0.245. The van der Waals surface area contributed by atoms with Crippen LogP contribution in [-0.4, -0.2) is 38.9 Å². The number of benzene rings is 2. The summed E-state index contributed by atoms with van der Waals surface area (Å²) in [5, 5.41) is 14.5. The second-order valence-corrected chi connectivity index (χ2v) is 10.3. The van der Waals surface area contributed by atoms with E-state index in [4.69, 9.17) is 4.74 Å². The van der Waals surface area contributed by atoms with Crippen LogP contribution >= 0.6 is 34.4 Å². The fourth-order valence-electron chi connectivity index (χ4n) is 3.10. The third-order valence-electron chi connectivity index (χ3n) is 4.98. The molecular weight excluding hydrogens is 565 g/mol. The summed E-state index contributed by atoms with van der Waals surface area (Å²) in [6.45, 7) is 6.31. The lowest BCUT2D eigenvalue weighted by atomic mass is 10.0. The van der Waals surface area contributed by atoms with Gasteiger partial charge in [0.15, 0.2) is 17.6 Å². The van der Waals surface area contributed by atoms with Gasteiger partial charge in [-0.05, 0) is 76.9 Å².